The fourth-order valence-electron chi connectivity index (χ4n) is 2.45. The van der Waals surface area contributed by atoms with Crippen LogP contribution in [0, 0.1) is 10.1 Å². The van der Waals surface area contributed by atoms with Crippen LogP contribution in [0.4, 0.5) is 5.88 Å². The number of aromatic nitrogens is 2. The minimum absolute atomic E-state index is 0.00632. The number of aliphatic hydroxyl groups excluding tert-OH is 1. The topological polar surface area (TPSA) is 119 Å². The van der Waals surface area contributed by atoms with E-state index in [4.69, 9.17) is 8.94 Å². The molecule has 0 saturated carbocycles. The molecule has 25 heavy (non-hydrogen) atoms. The average molecular weight is 344 g/mol. The maximum Gasteiger partial charge on any atom is 0.433 e. The van der Waals surface area contributed by atoms with Crippen LogP contribution in [0.25, 0.3) is 17.3 Å². The lowest BCUT2D eigenvalue weighted by Gasteiger charge is -2.29. The van der Waals surface area contributed by atoms with Crippen LogP contribution in [0.1, 0.15) is 26.7 Å². The molecule has 1 N–H and O–H groups in total. The van der Waals surface area contributed by atoms with Crippen molar-refractivity contribution in [2.75, 3.05) is 0 Å². The summed E-state index contributed by atoms with van der Waals surface area (Å²) in [5.74, 6) is -0.159. The van der Waals surface area contributed by atoms with Gasteiger partial charge in [-0.25, -0.2) is 0 Å². The zero-order valence-corrected chi connectivity index (χ0v) is 13.8. The predicted octanol–water partition coefficient (Wildman–Crippen LogP) is 3.65. The highest BCUT2D eigenvalue weighted by Crippen LogP contribution is 2.30. The van der Waals surface area contributed by atoms with E-state index in [-0.39, 0.29) is 29.3 Å². The van der Waals surface area contributed by atoms with Crippen LogP contribution in [0.5, 0.6) is 0 Å². The Kier molecular flexibility index (Phi) is 4.14. The van der Waals surface area contributed by atoms with E-state index in [1.165, 1.54) is 19.1 Å². The Morgan fingerprint density at radius 1 is 1.44 bits per heavy atom. The van der Waals surface area contributed by atoms with E-state index in [1.54, 1.807) is 0 Å². The number of hydrogen-bond donors (Lipinski definition) is 1. The van der Waals surface area contributed by atoms with Crippen LogP contribution >= 0.6 is 0 Å². The maximum absolute atomic E-state index is 10.7. The fraction of sp³-hybridized carbons (Fsp3) is 0.250. The summed E-state index contributed by atoms with van der Waals surface area (Å²) in [6.45, 7) is 5.40. The number of nitrogens with zero attached hydrogens (tertiary/aromatic N) is 4. The van der Waals surface area contributed by atoms with Gasteiger partial charge in [-0.1, -0.05) is 17.3 Å². The summed E-state index contributed by atoms with van der Waals surface area (Å²) < 4.78 is 10.3. The van der Waals surface area contributed by atoms with Crippen LogP contribution in [0.3, 0.4) is 0 Å². The number of allylic oxidation sites excluding steroid dienone is 3. The van der Waals surface area contributed by atoms with E-state index < -0.39 is 10.8 Å². The lowest BCUT2D eigenvalue weighted by atomic mass is 10.1. The van der Waals surface area contributed by atoms with Gasteiger partial charge in [0, 0.05) is 12.2 Å². The van der Waals surface area contributed by atoms with E-state index in [0.717, 1.165) is 5.57 Å². The predicted molar refractivity (Wildman–Crippen MR) is 88.1 cm³/mol. The third-order valence-corrected chi connectivity index (χ3v) is 3.64. The summed E-state index contributed by atoms with van der Waals surface area (Å²) in [7, 11) is 0. The Morgan fingerprint density at radius 3 is 2.84 bits per heavy atom. The number of nitro groups is 1. The molecule has 0 fully saturated rings. The summed E-state index contributed by atoms with van der Waals surface area (Å²) in [5, 5.41) is 24.6. The molecule has 1 aliphatic heterocycles. The molecule has 1 atom stereocenters. The fourth-order valence-corrected chi connectivity index (χ4v) is 2.45. The van der Waals surface area contributed by atoms with E-state index >= 15 is 0 Å². The molecule has 0 radical (unpaired) electrons. The smallest absolute Gasteiger partial charge is 0.433 e. The molecule has 0 bridgehead atoms. The summed E-state index contributed by atoms with van der Waals surface area (Å²) in [5.41, 5.74) is 1.36. The lowest BCUT2D eigenvalue weighted by molar-refractivity contribution is -0.401. The summed E-state index contributed by atoms with van der Waals surface area (Å²) in [6, 6.07) is 2.57. The minimum atomic E-state index is -0.650. The monoisotopic (exact) mass is 344 g/mol. The molecule has 9 heteroatoms. The van der Waals surface area contributed by atoms with Gasteiger partial charge in [-0.05, 0) is 32.4 Å². The first-order valence-electron chi connectivity index (χ1n) is 7.50. The number of furan rings is 1. The maximum atomic E-state index is 10.7. The van der Waals surface area contributed by atoms with Gasteiger partial charge in [-0.3, -0.25) is 10.1 Å². The first-order valence-corrected chi connectivity index (χ1v) is 7.50. The van der Waals surface area contributed by atoms with Gasteiger partial charge in [-0.15, -0.1) is 0 Å². The van der Waals surface area contributed by atoms with Crippen molar-refractivity contribution < 1.29 is 19.0 Å². The molecule has 0 amide bonds. The van der Waals surface area contributed by atoms with Crippen LogP contribution < -0.4 is 0 Å². The van der Waals surface area contributed by atoms with Gasteiger partial charge in [0.1, 0.15) is 16.4 Å². The van der Waals surface area contributed by atoms with Crippen LogP contribution in [-0.2, 0) is 0 Å². The van der Waals surface area contributed by atoms with Crippen molar-refractivity contribution in [2.45, 2.75) is 26.8 Å². The van der Waals surface area contributed by atoms with Gasteiger partial charge >= 0.3 is 5.88 Å². The highest BCUT2D eigenvalue weighted by Gasteiger charge is 2.26. The van der Waals surface area contributed by atoms with E-state index in [9.17, 15) is 15.2 Å². The number of rotatable bonds is 4. The molecule has 2 aromatic rings. The molecule has 2 aromatic heterocycles. The van der Waals surface area contributed by atoms with Crippen molar-refractivity contribution in [3.05, 3.63) is 57.8 Å². The lowest BCUT2D eigenvalue weighted by Crippen LogP contribution is -2.28. The molecule has 130 valence electrons. The molecule has 3 rings (SSSR count). The summed E-state index contributed by atoms with van der Waals surface area (Å²) in [4.78, 5) is 16.1. The summed E-state index contributed by atoms with van der Waals surface area (Å²) >= 11 is 0. The first-order chi connectivity index (χ1) is 11.9. The largest absolute Gasteiger partial charge is 0.510 e. The Bertz CT molecular complexity index is 901. The highest BCUT2D eigenvalue weighted by molar-refractivity contribution is 5.62. The Balaban J connectivity index is 1.97. The number of aliphatic hydroxyl groups is 1. The zero-order chi connectivity index (χ0) is 18.1. The molecule has 9 nitrogen and oxygen atoms in total. The van der Waals surface area contributed by atoms with E-state index in [0.29, 0.717) is 5.70 Å². The Labute approximate surface area is 142 Å². The van der Waals surface area contributed by atoms with Gasteiger partial charge in [-0.2, -0.15) is 4.98 Å². The quantitative estimate of drug-likeness (QED) is 0.507. The van der Waals surface area contributed by atoms with Gasteiger partial charge in [0.05, 0.1) is 6.07 Å². The number of hydrogen-bond acceptors (Lipinski definition) is 8. The van der Waals surface area contributed by atoms with Crippen molar-refractivity contribution in [1.29, 1.82) is 0 Å². The minimum Gasteiger partial charge on any atom is -0.510 e. The van der Waals surface area contributed by atoms with Crippen LogP contribution in [0.15, 0.2) is 50.8 Å². The third kappa shape index (κ3) is 3.16. The highest BCUT2D eigenvalue weighted by atomic mass is 16.6. The molecule has 0 spiro atoms. The van der Waals surface area contributed by atoms with E-state index in [1.807, 2.05) is 37.1 Å². The van der Waals surface area contributed by atoms with Crippen LogP contribution in [0.2, 0.25) is 0 Å². The normalized spacial score (nSPS) is 18.1. The van der Waals surface area contributed by atoms with Crippen molar-refractivity contribution in [3.8, 4) is 11.6 Å². The van der Waals surface area contributed by atoms with Crippen molar-refractivity contribution in [3.63, 3.8) is 0 Å². The second-order valence-electron chi connectivity index (χ2n) is 5.63. The second-order valence-corrected chi connectivity index (χ2v) is 5.63. The molecular formula is C16H16N4O5. The van der Waals surface area contributed by atoms with Crippen LogP contribution in [-0.4, -0.2) is 31.1 Å². The molecule has 1 unspecified atom stereocenters. The van der Waals surface area contributed by atoms with Gasteiger partial charge in [0.25, 0.3) is 5.89 Å². The van der Waals surface area contributed by atoms with Crippen molar-refractivity contribution in [1.82, 2.24) is 15.0 Å². The van der Waals surface area contributed by atoms with Crippen molar-refractivity contribution in [2.24, 2.45) is 0 Å². The average Bonchev–Trinajstić information content (AvgIpc) is 3.19. The molecule has 0 saturated heterocycles. The first kappa shape index (κ1) is 16.5. The SMILES string of the molecule is CC1=CN(/C(=C(/C)O)c2nc(-c3ccc([N+](=O)[O-])o3)no2)C(C)C=C1. The second kappa shape index (κ2) is 6.27. The Morgan fingerprint density at radius 2 is 2.20 bits per heavy atom. The van der Waals surface area contributed by atoms with Gasteiger partial charge < -0.3 is 18.9 Å². The van der Waals surface area contributed by atoms with Gasteiger partial charge in [0.2, 0.25) is 5.82 Å². The standard InChI is InChI=1S/C16H16N4O5/c1-9-4-5-10(2)19(8-9)14(11(3)21)16-17-15(18-25-16)12-6-7-13(24-12)20(22)23/h4-8,10,21H,1-3H3/b14-11-. The third-order valence-electron chi connectivity index (χ3n) is 3.64. The zero-order valence-electron chi connectivity index (χ0n) is 13.8. The van der Waals surface area contributed by atoms with Crippen molar-refractivity contribution >= 4 is 11.6 Å². The molecule has 0 aromatic carbocycles. The molecular weight excluding hydrogens is 328 g/mol. The summed E-state index contributed by atoms with van der Waals surface area (Å²) in [6.07, 6.45) is 5.82. The van der Waals surface area contributed by atoms with Gasteiger partial charge in [0.15, 0.2) is 5.76 Å². The molecule has 1 aliphatic rings. The Hall–Kier alpha value is -3.36. The molecule has 0 aliphatic carbocycles. The molecule has 3 heterocycles. The van der Waals surface area contributed by atoms with E-state index in [2.05, 4.69) is 10.1 Å².